The number of hydrogen-bond acceptors (Lipinski definition) is 6. The molecule has 0 spiro atoms. The van der Waals surface area contributed by atoms with Gasteiger partial charge in [0.05, 0.1) is 12.5 Å². The minimum absolute atomic E-state index is 0.144. The third-order valence-electron chi connectivity index (χ3n) is 3.73. The Morgan fingerprint density at radius 3 is 2.77 bits per heavy atom. The van der Waals surface area contributed by atoms with Gasteiger partial charge in [-0.3, -0.25) is 4.79 Å². The molecule has 0 saturated carbocycles. The molecule has 134 valence electrons. The van der Waals surface area contributed by atoms with Gasteiger partial charge in [0, 0.05) is 24.5 Å². The monoisotopic (exact) mass is 355 g/mol. The van der Waals surface area contributed by atoms with Crippen molar-refractivity contribution in [1.29, 1.82) is 5.26 Å². The minimum Gasteiger partial charge on any atom is -0.486 e. The lowest BCUT2D eigenvalue weighted by Gasteiger charge is -2.24. The van der Waals surface area contributed by atoms with Crippen LogP contribution < -0.4 is 14.4 Å². The van der Waals surface area contributed by atoms with E-state index in [1.165, 1.54) is 4.90 Å². The van der Waals surface area contributed by atoms with Crippen LogP contribution in [0, 0.1) is 11.3 Å². The van der Waals surface area contributed by atoms with Gasteiger partial charge in [0.15, 0.2) is 18.1 Å². The van der Waals surface area contributed by atoms with Crippen molar-refractivity contribution >= 4 is 17.6 Å². The largest absolute Gasteiger partial charge is 0.486 e. The molecule has 3 rings (SSSR count). The third kappa shape index (κ3) is 3.95. The van der Waals surface area contributed by atoms with Gasteiger partial charge in [0.25, 0.3) is 5.91 Å². The topological polar surface area (TPSA) is 105 Å². The van der Waals surface area contributed by atoms with Crippen molar-refractivity contribution < 1.29 is 23.8 Å². The summed E-state index contributed by atoms with van der Waals surface area (Å²) in [5.41, 5.74) is 0.811. The van der Waals surface area contributed by atoms with E-state index in [2.05, 4.69) is 4.98 Å². The minimum atomic E-state index is -0.620. The van der Waals surface area contributed by atoms with Gasteiger partial charge in [-0.25, -0.2) is 4.79 Å². The Hall–Kier alpha value is -3.47. The highest BCUT2D eigenvalue weighted by molar-refractivity contribution is 5.97. The second-order valence-corrected chi connectivity index (χ2v) is 5.44. The lowest BCUT2D eigenvalue weighted by atomic mass is 10.2. The first-order chi connectivity index (χ1) is 12.7. The Morgan fingerprint density at radius 2 is 2.04 bits per heavy atom. The number of nitrogens with one attached hydrogen (secondary N) is 1. The zero-order valence-corrected chi connectivity index (χ0v) is 13.9. The highest BCUT2D eigenvalue weighted by Gasteiger charge is 2.21. The Labute approximate surface area is 149 Å². The Morgan fingerprint density at radius 1 is 1.23 bits per heavy atom. The Kier molecular flexibility index (Phi) is 5.39. The second kappa shape index (κ2) is 8.07. The van der Waals surface area contributed by atoms with Gasteiger partial charge in [0.1, 0.15) is 18.9 Å². The average molecular weight is 355 g/mol. The number of ether oxygens (including phenoxy) is 3. The van der Waals surface area contributed by atoms with E-state index in [0.29, 0.717) is 30.4 Å². The Balaban J connectivity index is 1.71. The number of hydrogen-bond donors (Lipinski definition) is 1. The molecule has 2 aromatic rings. The van der Waals surface area contributed by atoms with E-state index in [4.69, 9.17) is 19.5 Å². The smallest absolute Gasteiger partial charge is 0.355 e. The summed E-state index contributed by atoms with van der Waals surface area (Å²) in [5, 5.41) is 8.86. The molecular weight excluding hydrogens is 338 g/mol. The maximum absolute atomic E-state index is 12.5. The number of amides is 1. The quantitative estimate of drug-likeness (QED) is 0.794. The van der Waals surface area contributed by atoms with Crippen LogP contribution in [-0.4, -0.2) is 43.2 Å². The molecule has 0 atom stereocenters. The molecular formula is C18H17N3O5. The number of carbonyl (C=O) groups excluding carboxylic acids is 2. The molecule has 1 aliphatic rings. The average Bonchev–Trinajstić information content (AvgIpc) is 3.21. The van der Waals surface area contributed by atoms with Crippen molar-refractivity contribution in [3.8, 4) is 17.6 Å². The van der Waals surface area contributed by atoms with Gasteiger partial charge in [-0.1, -0.05) is 0 Å². The predicted molar refractivity (Wildman–Crippen MR) is 91.1 cm³/mol. The molecule has 8 heteroatoms. The van der Waals surface area contributed by atoms with Crippen LogP contribution in [0.5, 0.6) is 11.5 Å². The molecule has 0 saturated heterocycles. The summed E-state index contributed by atoms with van der Waals surface area (Å²) in [5.74, 6) is 0.0836. The summed E-state index contributed by atoms with van der Waals surface area (Å²) in [7, 11) is 0. The number of nitrogens with zero attached hydrogens (tertiary/aromatic N) is 2. The number of nitriles is 1. The summed E-state index contributed by atoms with van der Waals surface area (Å²) in [6, 6.07) is 10.3. The molecule has 0 bridgehead atoms. The molecule has 8 nitrogen and oxygen atoms in total. The maximum atomic E-state index is 12.5. The highest BCUT2D eigenvalue weighted by atomic mass is 16.6. The zero-order chi connectivity index (χ0) is 18.4. The van der Waals surface area contributed by atoms with Gasteiger partial charge < -0.3 is 24.1 Å². The summed E-state index contributed by atoms with van der Waals surface area (Å²) in [4.78, 5) is 28.5. The maximum Gasteiger partial charge on any atom is 0.355 e. The van der Waals surface area contributed by atoms with Gasteiger partial charge >= 0.3 is 5.97 Å². The van der Waals surface area contributed by atoms with E-state index in [-0.39, 0.29) is 18.7 Å². The Bertz CT molecular complexity index is 826. The summed E-state index contributed by atoms with van der Waals surface area (Å²) >= 11 is 0. The lowest BCUT2D eigenvalue weighted by Crippen LogP contribution is -2.35. The molecule has 0 aliphatic carbocycles. The van der Waals surface area contributed by atoms with Gasteiger partial charge in [-0.15, -0.1) is 0 Å². The van der Waals surface area contributed by atoms with Crippen molar-refractivity contribution in [3.63, 3.8) is 0 Å². The number of H-pyrrole nitrogens is 1. The number of anilines is 1. The molecule has 0 unspecified atom stereocenters. The summed E-state index contributed by atoms with van der Waals surface area (Å²) in [6.07, 6.45) is 1.73. The molecule has 2 heterocycles. The first-order valence-electron chi connectivity index (χ1n) is 8.06. The predicted octanol–water partition coefficient (Wildman–Crippen LogP) is 1.89. The van der Waals surface area contributed by atoms with E-state index in [9.17, 15) is 9.59 Å². The highest BCUT2D eigenvalue weighted by Crippen LogP contribution is 2.34. The van der Waals surface area contributed by atoms with Crippen LogP contribution in [0.2, 0.25) is 0 Å². The molecule has 26 heavy (non-hydrogen) atoms. The van der Waals surface area contributed by atoms with Crippen LogP contribution in [0.25, 0.3) is 0 Å². The normalized spacial score (nSPS) is 12.1. The molecule has 1 N–H and O–H groups in total. The van der Waals surface area contributed by atoms with Gasteiger partial charge in [-0.05, 0) is 24.3 Å². The van der Waals surface area contributed by atoms with Crippen LogP contribution in [-0.2, 0) is 9.53 Å². The van der Waals surface area contributed by atoms with Crippen LogP contribution in [0.1, 0.15) is 16.9 Å². The lowest BCUT2D eigenvalue weighted by molar-refractivity contribution is -0.121. The van der Waals surface area contributed by atoms with Gasteiger partial charge in [-0.2, -0.15) is 5.26 Å². The van der Waals surface area contributed by atoms with Crippen molar-refractivity contribution in [3.05, 3.63) is 42.2 Å². The number of esters is 1. The van der Waals surface area contributed by atoms with Crippen molar-refractivity contribution in [1.82, 2.24) is 4.98 Å². The molecule has 0 fully saturated rings. The van der Waals surface area contributed by atoms with E-state index >= 15 is 0 Å². The number of aromatic amines is 1. The number of rotatable bonds is 6. The molecule has 1 aromatic heterocycles. The van der Waals surface area contributed by atoms with E-state index in [1.807, 2.05) is 6.07 Å². The van der Waals surface area contributed by atoms with Crippen LogP contribution >= 0.6 is 0 Å². The van der Waals surface area contributed by atoms with Crippen molar-refractivity contribution in [2.45, 2.75) is 6.42 Å². The first-order valence-corrected chi connectivity index (χ1v) is 8.06. The van der Waals surface area contributed by atoms with Crippen LogP contribution in [0.3, 0.4) is 0 Å². The van der Waals surface area contributed by atoms with Crippen LogP contribution in [0.15, 0.2) is 36.5 Å². The van der Waals surface area contributed by atoms with E-state index < -0.39 is 18.5 Å². The SMILES string of the molecule is N#CCCN(C(=O)COC(=O)c1ccc[nH]1)c1ccc2c(c1)OCCO2. The third-order valence-corrected chi connectivity index (χ3v) is 3.73. The second-order valence-electron chi connectivity index (χ2n) is 5.44. The number of fused-ring (bicyclic) bond motifs is 1. The van der Waals surface area contributed by atoms with Crippen molar-refractivity contribution in [2.75, 3.05) is 31.3 Å². The van der Waals surface area contributed by atoms with Gasteiger partial charge in [0.2, 0.25) is 0 Å². The molecule has 1 aromatic carbocycles. The number of benzene rings is 1. The number of carbonyl (C=O) groups is 2. The molecule has 0 radical (unpaired) electrons. The fraction of sp³-hybridized carbons (Fsp3) is 0.278. The fourth-order valence-electron chi connectivity index (χ4n) is 2.50. The summed E-state index contributed by atoms with van der Waals surface area (Å²) in [6.45, 7) is 0.640. The fourth-order valence-corrected chi connectivity index (χ4v) is 2.50. The first kappa shape index (κ1) is 17.4. The summed E-state index contributed by atoms with van der Waals surface area (Å²) < 4.78 is 16.0. The zero-order valence-electron chi connectivity index (χ0n) is 13.9. The molecule has 1 aliphatic heterocycles. The van der Waals surface area contributed by atoms with E-state index in [0.717, 1.165) is 0 Å². The van der Waals surface area contributed by atoms with E-state index in [1.54, 1.807) is 36.5 Å². The standard InChI is InChI=1S/C18H17N3O5/c19-6-2-8-21(13-4-5-15-16(11-13)25-10-9-24-15)17(22)12-26-18(23)14-3-1-7-20-14/h1,3-5,7,11,20H,2,8-10,12H2. The van der Waals surface area contributed by atoms with Crippen LogP contribution in [0.4, 0.5) is 5.69 Å². The molecule has 1 amide bonds. The van der Waals surface area contributed by atoms with Crippen molar-refractivity contribution in [2.24, 2.45) is 0 Å². The number of aromatic nitrogens is 1.